The monoisotopic (exact) mass is 373 g/mol. The van der Waals surface area contributed by atoms with Crippen molar-refractivity contribution < 1.29 is 17.5 Å². The third-order valence-electron chi connectivity index (χ3n) is 2.86. The Morgan fingerprint density at radius 3 is 2.57 bits per heavy atom. The number of aryl methyl sites for hydroxylation is 1. The second-order valence-corrected chi connectivity index (χ2v) is 6.94. The summed E-state index contributed by atoms with van der Waals surface area (Å²) in [5, 5.41) is 5.09. The van der Waals surface area contributed by atoms with Crippen molar-refractivity contribution in [3.8, 4) is 5.75 Å². The van der Waals surface area contributed by atoms with Crippen LogP contribution in [-0.4, -0.2) is 8.42 Å². The van der Waals surface area contributed by atoms with Crippen LogP contribution in [0.3, 0.4) is 0 Å². The number of primary sulfonamides is 1. The normalized spacial score (nSPS) is 11.4. The van der Waals surface area contributed by atoms with Gasteiger partial charge in [-0.1, -0.05) is 15.9 Å². The second kappa shape index (κ2) is 6.13. The molecule has 0 atom stereocenters. The molecule has 0 heterocycles. The first-order chi connectivity index (χ1) is 9.77. The Hall–Kier alpha value is -1.44. The van der Waals surface area contributed by atoms with Crippen molar-refractivity contribution in [2.75, 3.05) is 0 Å². The van der Waals surface area contributed by atoms with Crippen LogP contribution in [0.1, 0.15) is 11.1 Å². The van der Waals surface area contributed by atoms with Gasteiger partial charge in [0.05, 0.1) is 4.90 Å². The molecule has 0 amide bonds. The van der Waals surface area contributed by atoms with E-state index in [-0.39, 0.29) is 17.3 Å². The van der Waals surface area contributed by atoms with E-state index in [9.17, 15) is 12.8 Å². The smallest absolute Gasteiger partial charge is 0.238 e. The topological polar surface area (TPSA) is 69.4 Å². The van der Waals surface area contributed by atoms with E-state index in [4.69, 9.17) is 9.88 Å². The zero-order chi connectivity index (χ0) is 15.6. The van der Waals surface area contributed by atoms with Gasteiger partial charge in [0.15, 0.2) is 0 Å². The summed E-state index contributed by atoms with van der Waals surface area (Å²) in [4.78, 5) is 0.0449. The van der Waals surface area contributed by atoms with Crippen LogP contribution in [0.15, 0.2) is 45.8 Å². The van der Waals surface area contributed by atoms with Gasteiger partial charge in [-0.3, -0.25) is 0 Å². The molecule has 2 aromatic rings. The molecule has 0 saturated heterocycles. The number of nitrogens with two attached hydrogens (primary N) is 1. The lowest BCUT2D eigenvalue weighted by molar-refractivity contribution is 0.299. The molecular formula is C14H13BrFNO3S. The maximum atomic E-state index is 13.6. The quantitative estimate of drug-likeness (QED) is 0.894. The summed E-state index contributed by atoms with van der Waals surface area (Å²) in [5.41, 5.74) is 0.877. The lowest BCUT2D eigenvalue weighted by Gasteiger charge is -2.10. The Bertz CT molecular complexity index is 778. The number of rotatable bonds is 4. The Morgan fingerprint density at radius 1 is 1.24 bits per heavy atom. The van der Waals surface area contributed by atoms with Crippen LogP contribution >= 0.6 is 15.9 Å². The van der Waals surface area contributed by atoms with Crippen molar-refractivity contribution in [1.29, 1.82) is 0 Å². The van der Waals surface area contributed by atoms with Gasteiger partial charge in [-0.05, 0) is 48.9 Å². The highest BCUT2D eigenvalue weighted by Gasteiger charge is 2.12. The van der Waals surface area contributed by atoms with Crippen LogP contribution in [0.5, 0.6) is 5.75 Å². The number of sulfonamides is 1. The van der Waals surface area contributed by atoms with Gasteiger partial charge in [-0.2, -0.15) is 0 Å². The highest BCUT2D eigenvalue weighted by molar-refractivity contribution is 9.10. The molecule has 0 aromatic heterocycles. The molecule has 0 bridgehead atoms. The molecule has 0 unspecified atom stereocenters. The fourth-order valence-electron chi connectivity index (χ4n) is 1.85. The van der Waals surface area contributed by atoms with E-state index in [0.717, 1.165) is 4.47 Å². The van der Waals surface area contributed by atoms with E-state index in [0.29, 0.717) is 16.9 Å². The third-order valence-corrected chi connectivity index (χ3v) is 4.42. The van der Waals surface area contributed by atoms with Crippen LogP contribution < -0.4 is 9.88 Å². The van der Waals surface area contributed by atoms with Gasteiger partial charge in [0.1, 0.15) is 18.2 Å². The van der Waals surface area contributed by atoms with Gasteiger partial charge >= 0.3 is 0 Å². The summed E-state index contributed by atoms with van der Waals surface area (Å²) in [6, 6.07) is 8.98. The highest BCUT2D eigenvalue weighted by Crippen LogP contribution is 2.22. The number of hydrogen-bond acceptors (Lipinski definition) is 3. The van der Waals surface area contributed by atoms with E-state index < -0.39 is 10.0 Å². The molecule has 2 N–H and O–H groups in total. The maximum Gasteiger partial charge on any atom is 0.238 e. The van der Waals surface area contributed by atoms with Gasteiger partial charge in [0.25, 0.3) is 0 Å². The SMILES string of the molecule is Cc1cc(OCc2cc(Br)ccc2F)ccc1S(N)(=O)=O. The molecule has 21 heavy (non-hydrogen) atoms. The van der Waals surface area contributed by atoms with Gasteiger partial charge in [0.2, 0.25) is 10.0 Å². The minimum atomic E-state index is -3.75. The summed E-state index contributed by atoms with van der Waals surface area (Å²) in [7, 11) is -3.75. The van der Waals surface area contributed by atoms with Crippen LogP contribution in [0, 0.1) is 12.7 Å². The fraction of sp³-hybridized carbons (Fsp3) is 0.143. The molecule has 0 radical (unpaired) electrons. The summed E-state index contributed by atoms with van der Waals surface area (Å²) >= 11 is 3.26. The van der Waals surface area contributed by atoms with Gasteiger partial charge in [-0.25, -0.2) is 17.9 Å². The summed E-state index contributed by atoms with van der Waals surface area (Å²) < 4.78 is 42.4. The average molecular weight is 374 g/mol. The summed E-state index contributed by atoms with van der Waals surface area (Å²) in [6.07, 6.45) is 0. The van der Waals surface area contributed by atoms with Gasteiger partial charge in [0, 0.05) is 10.0 Å². The average Bonchev–Trinajstić information content (AvgIpc) is 2.38. The van der Waals surface area contributed by atoms with Crippen LogP contribution in [0.4, 0.5) is 4.39 Å². The standard InChI is InChI=1S/C14H13BrFNO3S/c1-9-6-12(3-5-14(9)21(17,18)19)20-8-10-7-11(15)2-4-13(10)16/h2-7H,8H2,1H3,(H2,17,18,19). The Labute approximate surface area is 130 Å². The van der Waals surface area contributed by atoms with Crippen molar-refractivity contribution in [2.24, 2.45) is 5.14 Å². The zero-order valence-electron chi connectivity index (χ0n) is 11.1. The minimum Gasteiger partial charge on any atom is -0.489 e. The predicted molar refractivity (Wildman–Crippen MR) is 81.0 cm³/mol. The third kappa shape index (κ3) is 4.03. The fourth-order valence-corrected chi connectivity index (χ4v) is 3.02. The molecule has 0 aliphatic carbocycles. The van der Waals surface area contributed by atoms with Crippen molar-refractivity contribution in [1.82, 2.24) is 0 Å². The van der Waals surface area contributed by atoms with Crippen molar-refractivity contribution in [3.05, 3.63) is 57.8 Å². The van der Waals surface area contributed by atoms with Crippen molar-refractivity contribution >= 4 is 26.0 Å². The van der Waals surface area contributed by atoms with Crippen molar-refractivity contribution in [2.45, 2.75) is 18.4 Å². The molecule has 0 aliphatic rings. The Kier molecular flexibility index (Phi) is 4.65. The molecule has 112 valence electrons. The van der Waals surface area contributed by atoms with E-state index in [1.165, 1.54) is 18.2 Å². The number of hydrogen-bond donors (Lipinski definition) is 1. The summed E-state index contributed by atoms with van der Waals surface area (Å²) in [5.74, 6) is 0.0790. The Balaban J connectivity index is 2.18. The van der Waals surface area contributed by atoms with Crippen LogP contribution in [0.2, 0.25) is 0 Å². The first-order valence-corrected chi connectivity index (χ1v) is 8.31. The maximum absolute atomic E-state index is 13.6. The second-order valence-electron chi connectivity index (χ2n) is 4.50. The molecule has 4 nitrogen and oxygen atoms in total. The molecule has 0 fully saturated rings. The van der Waals surface area contributed by atoms with Gasteiger partial charge < -0.3 is 4.74 Å². The lowest BCUT2D eigenvalue weighted by Crippen LogP contribution is -2.13. The zero-order valence-corrected chi connectivity index (χ0v) is 13.5. The van der Waals surface area contributed by atoms with E-state index >= 15 is 0 Å². The van der Waals surface area contributed by atoms with E-state index in [1.807, 2.05) is 0 Å². The van der Waals surface area contributed by atoms with Gasteiger partial charge in [-0.15, -0.1) is 0 Å². The molecule has 0 spiro atoms. The predicted octanol–water partition coefficient (Wildman–Crippen LogP) is 3.12. The molecule has 0 aliphatic heterocycles. The van der Waals surface area contributed by atoms with Crippen molar-refractivity contribution in [3.63, 3.8) is 0 Å². The number of benzene rings is 2. The van der Waals surface area contributed by atoms with Crippen LogP contribution in [-0.2, 0) is 16.6 Å². The largest absolute Gasteiger partial charge is 0.489 e. The number of ether oxygens (including phenoxy) is 1. The molecule has 2 aromatic carbocycles. The molecular weight excluding hydrogens is 361 g/mol. The lowest BCUT2D eigenvalue weighted by atomic mass is 10.2. The molecule has 7 heteroatoms. The van der Waals surface area contributed by atoms with E-state index in [1.54, 1.807) is 25.1 Å². The Morgan fingerprint density at radius 2 is 1.95 bits per heavy atom. The first kappa shape index (κ1) is 15.9. The molecule has 2 rings (SSSR count). The number of halogens is 2. The van der Waals surface area contributed by atoms with E-state index in [2.05, 4.69) is 15.9 Å². The van der Waals surface area contributed by atoms with Crippen LogP contribution in [0.25, 0.3) is 0 Å². The molecule has 0 saturated carbocycles. The first-order valence-electron chi connectivity index (χ1n) is 5.97. The summed E-state index contributed by atoms with van der Waals surface area (Å²) in [6.45, 7) is 1.66. The highest BCUT2D eigenvalue weighted by atomic mass is 79.9. The minimum absolute atomic E-state index is 0.0411.